The van der Waals surface area contributed by atoms with Gasteiger partial charge >= 0.3 is 6.18 Å². The predicted molar refractivity (Wildman–Crippen MR) is 137 cm³/mol. The molecular weight excluding hydrogens is 465 g/mol. The van der Waals surface area contributed by atoms with Crippen molar-refractivity contribution in [3.05, 3.63) is 65.9 Å². The number of hydrogen-bond donors (Lipinski definition) is 2. The van der Waals surface area contributed by atoms with Gasteiger partial charge < -0.3 is 15.4 Å². The van der Waals surface area contributed by atoms with Gasteiger partial charge in [0.05, 0.1) is 11.8 Å². The normalized spacial score (nSPS) is 14.4. The van der Waals surface area contributed by atoms with E-state index in [9.17, 15) is 13.2 Å². The topological polar surface area (TPSA) is 59.1 Å². The van der Waals surface area contributed by atoms with Gasteiger partial charge in [-0.25, -0.2) is 4.98 Å². The van der Waals surface area contributed by atoms with Crippen molar-refractivity contribution in [1.82, 2.24) is 9.97 Å². The first-order valence-electron chi connectivity index (χ1n) is 12.8. The van der Waals surface area contributed by atoms with E-state index in [0.29, 0.717) is 17.1 Å². The zero-order chi connectivity index (χ0) is 25.4. The third-order valence-electron chi connectivity index (χ3n) is 6.36. The third-order valence-corrected chi connectivity index (χ3v) is 6.36. The summed E-state index contributed by atoms with van der Waals surface area (Å²) in [6.07, 6.45) is 6.02. The van der Waals surface area contributed by atoms with E-state index < -0.39 is 11.7 Å². The number of aromatic nitrogens is 2. The van der Waals surface area contributed by atoms with Crippen LogP contribution in [0.5, 0.6) is 5.75 Å². The summed E-state index contributed by atoms with van der Waals surface area (Å²) in [7, 11) is 0. The molecular formula is C28H33F3N4O. The molecule has 1 aliphatic rings. The van der Waals surface area contributed by atoms with Crippen molar-refractivity contribution < 1.29 is 17.9 Å². The van der Waals surface area contributed by atoms with Crippen LogP contribution in [0.2, 0.25) is 0 Å². The summed E-state index contributed by atoms with van der Waals surface area (Å²) in [6, 6.07) is 14.8. The van der Waals surface area contributed by atoms with Crippen molar-refractivity contribution in [2.75, 3.05) is 10.6 Å². The molecule has 0 amide bonds. The van der Waals surface area contributed by atoms with Crippen molar-refractivity contribution in [3.8, 4) is 5.75 Å². The predicted octanol–water partition coefficient (Wildman–Crippen LogP) is 8.43. The van der Waals surface area contributed by atoms with Crippen LogP contribution in [-0.4, -0.2) is 16.1 Å². The number of hydrogen-bond acceptors (Lipinski definition) is 5. The van der Waals surface area contributed by atoms with E-state index in [0.717, 1.165) is 44.7 Å². The minimum Gasteiger partial charge on any atom is -0.488 e. The Morgan fingerprint density at radius 1 is 0.944 bits per heavy atom. The smallest absolute Gasteiger partial charge is 0.421 e. The maximum Gasteiger partial charge on any atom is 0.421 e. The van der Waals surface area contributed by atoms with Crippen LogP contribution < -0.4 is 15.4 Å². The lowest BCUT2D eigenvalue weighted by molar-refractivity contribution is -0.137. The lowest BCUT2D eigenvalue weighted by Gasteiger charge is -2.24. The fourth-order valence-electron chi connectivity index (χ4n) is 4.37. The van der Waals surface area contributed by atoms with E-state index >= 15 is 0 Å². The molecule has 0 saturated heterocycles. The molecule has 0 atom stereocenters. The van der Waals surface area contributed by atoms with Crippen LogP contribution in [0.25, 0.3) is 0 Å². The minimum absolute atomic E-state index is 0.0661. The monoisotopic (exact) mass is 498 g/mol. The lowest BCUT2D eigenvalue weighted by atomic mass is 9.98. The average Bonchev–Trinajstić information content (AvgIpc) is 2.87. The third kappa shape index (κ3) is 7.12. The first-order chi connectivity index (χ1) is 17.4. The Bertz CT molecular complexity index is 1110. The molecule has 1 heterocycles. The molecule has 3 aromatic rings. The number of unbranched alkanes of at least 4 members (excludes halogenated alkanes) is 2. The van der Waals surface area contributed by atoms with E-state index in [-0.39, 0.29) is 17.9 Å². The zero-order valence-corrected chi connectivity index (χ0v) is 20.6. The molecule has 192 valence electrons. The van der Waals surface area contributed by atoms with Crippen LogP contribution in [-0.2, 0) is 12.6 Å². The van der Waals surface area contributed by atoms with Crippen LogP contribution in [0, 0.1) is 0 Å². The maximum absolute atomic E-state index is 13.8. The Labute approximate surface area is 210 Å². The second kappa shape index (κ2) is 12.1. The second-order valence-corrected chi connectivity index (χ2v) is 9.23. The summed E-state index contributed by atoms with van der Waals surface area (Å²) in [5.41, 5.74) is 1.43. The van der Waals surface area contributed by atoms with Crippen molar-refractivity contribution in [2.24, 2.45) is 0 Å². The highest BCUT2D eigenvalue weighted by Gasteiger charge is 2.35. The molecule has 1 fully saturated rings. The summed E-state index contributed by atoms with van der Waals surface area (Å²) in [4.78, 5) is 8.12. The van der Waals surface area contributed by atoms with Crippen molar-refractivity contribution in [1.29, 1.82) is 0 Å². The quantitative estimate of drug-likeness (QED) is 0.275. The highest BCUT2D eigenvalue weighted by molar-refractivity contribution is 5.67. The standard InChI is InChI=1S/C28H33F3N4O/c1-2-3-5-10-20-15-17-21(18-16-20)33-27-32-19-23(28(29,30)31)26(35-27)34-24-13-8-9-14-25(24)36-22-11-6-4-7-12-22/h8-9,13-19,22H,2-7,10-12H2,1H3,(H2,32,33,34,35). The van der Waals surface area contributed by atoms with Crippen molar-refractivity contribution in [2.45, 2.75) is 77.0 Å². The maximum atomic E-state index is 13.8. The SMILES string of the molecule is CCCCCc1ccc(Nc2ncc(C(F)(F)F)c(Nc3ccccc3OC3CCCCC3)n2)cc1. The number of halogens is 3. The van der Waals surface area contributed by atoms with Crippen molar-refractivity contribution >= 4 is 23.1 Å². The molecule has 1 aliphatic carbocycles. The Kier molecular flexibility index (Phi) is 8.67. The van der Waals surface area contributed by atoms with Crippen LogP contribution in [0.4, 0.5) is 36.3 Å². The van der Waals surface area contributed by atoms with E-state index in [4.69, 9.17) is 4.74 Å². The largest absolute Gasteiger partial charge is 0.488 e. The van der Waals surface area contributed by atoms with Crippen LogP contribution in [0.15, 0.2) is 54.7 Å². The molecule has 2 aromatic carbocycles. The van der Waals surface area contributed by atoms with E-state index in [1.54, 1.807) is 18.2 Å². The van der Waals surface area contributed by atoms with Gasteiger partial charge in [-0.1, -0.05) is 50.5 Å². The van der Waals surface area contributed by atoms with Gasteiger partial charge in [0.25, 0.3) is 0 Å². The number of benzene rings is 2. The number of alkyl halides is 3. The van der Waals surface area contributed by atoms with E-state index in [1.165, 1.54) is 24.8 Å². The fraction of sp³-hybridized carbons (Fsp3) is 0.429. The van der Waals surface area contributed by atoms with Gasteiger partial charge in [-0.2, -0.15) is 18.2 Å². The molecule has 8 heteroatoms. The van der Waals surface area contributed by atoms with Gasteiger partial charge in [0.15, 0.2) is 0 Å². The number of aryl methyl sites for hydroxylation is 1. The van der Waals surface area contributed by atoms with Gasteiger partial charge in [-0.15, -0.1) is 0 Å². The number of anilines is 4. The van der Waals surface area contributed by atoms with Crippen molar-refractivity contribution in [3.63, 3.8) is 0 Å². The van der Waals surface area contributed by atoms with E-state index in [1.807, 2.05) is 30.3 Å². The molecule has 0 radical (unpaired) electrons. The van der Waals surface area contributed by atoms with Gasteiger partial charge in [-0.3, -0.25) is 0 Å². The molecule has 0 bridgehead atoms. The molecule has 36 heavy (non-hydrogen) atoms. The summed E-state index contributed by atoms with van der Waals surface area (Å²) in [6.45, 7) is 2.17. The minimum atomic E-state index is -4.61. The number of nitrogens with one attached hydrogen (secondary N) is 2. The average molecular weight is 499 g/mol. The van der Waals surface area contributed by atoms with Gasteiger partial charge in [0.2, 0.25) is 5.95 Å². The van der Waals surface area contributed by atoms with Gasteiger partial charge in [-0.05, 0) is 68.4 Å². The molecule has 2 N–H and O–H groups in total. The number of nitrogens with zero attached hydrogens (tertiary/aromatic N) is 2. The summed E-state index contributed by atoms with van der Waals surface area (Å²) >= 11 is 0. The molecule has 4 rings (SSSR count). The first-order valence-corrected chi connectivity index (χ1v) is 12.8. The Balaban J connectivity index is 1.54. The van der Waals surface area contributed by atoms with Gasteiger partial charge in [0, 0.05) is 11.9 Å². The summed E-state index contributed by atoms with van der Waals surface area (Å²) < 4.78 is 47.5. The Morgan fingerprint density at radius 2 is 1.69 bits per heavy atom. The number of rotatable bonds is 10. The van der Waals surface area contributed by atoms with Crippen LogP contribution in [0.3, 0.4) is 0 Å². The first kappa shape index (κ1) is 25.8. The summed E-state index contributed by atoms with van der Waals surface area (Å²) in [5.74, 6) is 0.273. The van der Waals surface area contributed by atoms with E-state index in [2.05, 4.69) is 27.5 Å². The number of ether oxygens (including phenoxy) is 1. The molecule has 5 nitrogen and oxygen atoms in total. The molecule has 1 aromatic heterocycles. The second-order valence-electron chi connectivity index (χ2n) is 9.23. The van der Waals surface area contributed by atoms with Gasteiger partial charge in [0.1, 0.15) is 17.1 Å². The zero-order valence-electron chi connectivity index (χ0n) is 20.6. The number of para-hydroxylation sites is 2. The van der Waals surface area contributed by atoms with Crippen LogP contribution in [0.1, 0.15) is 69.4 Å². The lowest BCUT2D eigenvalue weighted by Crippen LogP contribution is -2.20. The Hall–Kier alpha value is -3.29. The highest BCUT2D eigenvalue weighted by Crippen LogP contribution is 2.37. The summed E-state index contributed by atoms with van der Waals surface area (Å²) in [5, 5.41) is 5.89. The Morgan fingerprint density at radius 3 is 2.42 bits per heavy atom. The highest BCUT2D eigenvalue weighted by atomic mass is 19.4. The van der Waals surface area contributed by atoms with Crippen LogP contribution >= 0.6 is 0 Å². The molecule has 1 saturated carbocycles. The fourth-order valence-corrected chi connectivity index (χ4v) is 4.37. The molecule has 0 spiro atoms. The molecule has 0 unspecified atom stereocenters. The molecule has 0 aliphatic heterocycles.